The zero-order valence-electron chi connectivity index (χ0n) is 8.15. The Morgan fingerprint density at radius 3 is 2.77 bits per heavy atom. The number of imidazole rings is 1. The first-order valence-electron chi connectivity index (χ1n) is 4.36. The van der Waals surface area contributed by atoms with E-state index < -0.39 is 0 Å². The van der Waals surface area contributed by atoms with Crippen LogP contribution in [-0.2, 0) is 5.41 Å². The van der Waals surface area contributed by atoms with Gasteiger partial charge < -0.3 is 0 Å². The molecule has 0 atom stereocenters. The van der Waals surface area contributed by atoms with E-state index in [9.17, 15) is 0 Å². The number of hydrogen-bond donors (Lipinski definition) is 0. The second-order valence-electron chi connectivity index (χ2n) is 4.22. The largest absolute Gasteiger partial charge is 0.291 e. The van der Waals surface area contributed by atoms with Gasteiger partial charge in [-0.1, -0.05) is 20.8 Å². The van der Waals surface area contributed by atoms with Crippen molar-refractivity contribution in [2.24, 2.45) is 0 Å². The van der Waals surface area contributed by atoms with Crippen LogP contribution >= 0.6 is 0 Å². The van der Waals surface area contributed by atoms with Gasteiger partial charge in [0.1, 0.15) is 6.33 Å². The van der Waals surface area contributed by atoms with E-state index in [0.29, 0.717) is 0 Å². The van der Waals surface area contributed by atoms with E-state index >= 15 is 0 Å². The lowest BCUT2D eigenvalue weighted by molar-refractivity contribution is 0.569. The molecule has 2 aromatic heterocycles. The summed E-state index contributed by atoms with van der Waals surface area (Å²) >= 11 is 0. The third kappa shape index (κ3) is 1.41. The van der Waals surface area contributed by atoms with Gasteiger partial charge in [-0.3, -0.25) is 4.40 Å². The van der Waals surface area contributed by atoms with E-state index in [0.717, 1.165) is 11.3 Å². The lowest BCUT2D eigenvalue weighted by atomic mass is 9.92. The van der Waals surface area contributed by atoms with E-state index in [4.69, 9.17) is 0 Å². The second-order valence-corrected chi connectivity index (χ2v) is 4.22. The van der Waals surface area contributed by atoms with Crippen molar-refractivity contribution in [3.8, 4) is 0 Å². The standard InChI is InChI=1S/C10H13N3/c1-10(2,3)8-4-5-13-7-11-6-9(13)12-8/h4-7H,1-3H3. The van der Waals surface area contributed by atoms with E-state index in [2.05, 4.69) is 30.7 Å². The maximum Gasteiger partial charge on any atom is 0.156 e. The Morgan fingerprint density at radius 1 is 1.31 bits per heavy atom. The molecule has 2 heterocycles. The normalized spacial score (nSPS) is 12.2. The van der Waals surface area contributed by atoms with Gasteiger partial charge in [-0.15, -0.1) is 0 Å². The lowest BCUT2D eigenvalue weighted by Crippen LogP contribution is -2.13. The molecule has 0 fully saturated rings. The van der Waals surface area contributed by atoms with Crippen LogP contribution in [-0.4, -0.2) is 14.4 Å². The zero-order valence-corrected chi connectivity index (χ0v) is 8.15. The van der Waals surface area contributed by atoms with Crippen LogP contribution in [0, 0.1) is 0 Å². The van der Waals surface area contributed by atoms with Crippen molar-refractivity contribution in [1.82, 2.24) is 14.4 Å². The highest BCUT2D eigenvalue weighted by Crippen LogP contribution is 2.19. The van der Waals surface area contributed by atoms with Crippen LogP contribution < -0.4 is 0 Å². The molecule has 0 unspecified atom stereocenters. The molecule has 3 nitrogen and oxygen atoms in total. The summed E-state index contributed by atoms with van der Waals surface area (Å²) in [6.45, 7) is 6.46. The first kappa shape index (κ1) is 8.23. The fraction of sp³-hybridized carbons (Fsp3) is 0.400. The number of fused-ring (bicyclic) bond motifs is 1. The zero-order chi connectivity index (χ0) is 9.47. The van der Waals surface area contributed by atoms with E-state index in [-0.39, 0.29) is 5.41 Å². The molecule has 0 aromatic carbocycles. The van der Waals surface area contributed by atoms with Gasteiger partial charge in [-0.05, 0) is 6.07 Å². The fourth-order valence-electron chi connectivity index (χ4n) is 1.23. The predicted octanol–water partition coefficient (Wildman–Crippen LogP) is 2.03. The maximum atomic E-state index is 4.51. The van der Waals surface area contributed by atoms with Crippen LogP contribution in [0.3, 0.4) is 0 Å². The molecule has 0 N–H and O–H groups in total. The van der Waals surface area contributed by atoms with Gasteiger partial charge in [0.05, 0.1) is 6.20 Å². The van der Waals surface area contributed by atoms with Crippen molar-refractivity contribution in [1.29, 1.82) is 0 Å². The second kappa shape index (κ2) is 2.55. The summed E-state index contributed by atoms with van der Waals surface area (Å²) in [5.74, 6) is 0. The number of aromatic nitrogens is 3. The van der Waals surface area contributed by atoms with Crippen molar-refractivity contribution in [3.05, 3.63) is 30.5 Å². The molecule has 0 aliphatic heterocycles. The van der Waals surface area contributed by atoms with Crippen LogP contribution in [0.2, 0.25) is 0 Å². The summed E-state index contributed by atoms with van der Waals surface area (Å²) in [6, 6.07) is 2.04. The third-order valence-corrected chi connectivity index (χ3v) is 2.04. The Hall–Kier alpha value is -1.38. The molecule has 68 valence electrons. The third-order valence-electron chi connectivity index (χ3n) is 2.04. The average molecular weight is 175 g/mol. The van der Waals surface area contributed by atoms with Gasteiger partial charge in [0.2, 0.25) is 0 Å². The molecule has 0 amide bonds. The molecule has 13 heavy (non-hydrogen) atoms. The summed E-state index contributed by atoms with van der Waals surface area (Å²) in [7, 11) is 0. The van der Waals surface area contributed by atoms with Crippen LogP contribution in [0.1, 0.15) is 26.5 Å². The number of nitrogens with zero attached hydrogens (tertiary/aromatic N) is 3. The summed E-state index contributed by atoms with van der Waals surface area (Å²) in [5, 5.41) is 0. The molecule has 0 aliphatic carbocycles. The van der Waals surface area contributed by atoms with Crippen molar-refractivity contribution in [2.75, 3.05) is 0 Å². The van der Waals surface area contributed by atoms with E-state index in [1.54, 1.807) is 12.5 Å². The molecular weight excluding hydrogens is 162 g/mol. The molecule has 0 saturated carbocycles. The van der Waals surface area contributed by atoms with Gasteiger partial charge in [0.15, 0.2) is 5.65 Å². The highest BCUT2D eigenvalue weighted by Gasteiger charge is 2.15. The SMILES string of the molecule is CC(C)(C)c1ccn2cncc2n1. The lowest BCUT2D eigenvalue weighted by Gasteiger charge is -2.17. The summed E-state index contributed by atoms with van der Waals surface area (Å²) in [6.07, 6.45) is 5.53. The van der Waals surface area contributed by atoms with Crippen LogP contribution in [0.4, 0.5) is 0 Å². The van der Waals surface area contributed by atoms with E-state index in [1.165, 1.54) is 0 Å². The predicted molar refractivity (Wildman–Crippen MR) is 51.7 cm³/mol. The smallest absolute Gasteiger partial charge is 0.156 e. The molecule has 0 radical (unpaired) electrons. The number of hydrogen-bond acceptors (Lipinski definition) is 2. The van der Waals surface area contributed by atoms with Crippen molar-refractivity contribution < 1.29 is 0 Å². The molecule has 2 rings (SSSR count). The van der Waals surface area contributed by atoms with Crippen molar-refractivity contribution in [2.45, 2.75) is 26.2 Å². The maximum absolute atomic E-state index is 4.51. The Morgan fingerprint density at radius 2 is 2.08 bits per heavy atom. The summed E-state index contributed by atoms with van der Waals surface area (Å²) in [5.41, 5.74) is 2.11. The van der Waals surface area contributed by atoms with Gasteiger partial charge in [0.25, 0.3) is 0 Å². The molecule has 0 spiro atoms. The Kier molecular flexibility index (Phi) is 1.62. The molecule has 0 bridgehead atoms. The van der Waals surface area contributed by atoms with Crippen LogP contribution in [0.25, 0.3) is 5.65 Å². The minimum Gasteiger partial charge on any atom is -0.291 e. The number of rotatable bonds is 0. The Labute approximate surface area is 77.4 Å². The Balaban J connectivity index is 2.61. The highest BCUT2D eigenvalue weighted by atomic mass is 15.0. The average Bonchev–Trinajstić information content (AvgIpc) is 2.47. The van der Waals surface area contributed by atoms with Gasteiger partial charge in [0, 0.05) is 17.3 Å². The van der Waals surface area contributed by atoms with Crippen LogP contribution in [0.5, 0.6) is 0 Å². The summed E-state index contributed by atoms with van der Waals surface area (Å²) < 4.78 is 1.91. The monoisotopic (exact) mass is 175 g/mol. The minimum atomic E-state index is 0.103. The van der Waals surface area contributed by atoms with Crippen LogP contribution in [0.15, 0.2) is 24.8 Å². The fourth-order valence-corrected chi connectivity index (χ4v) is 1.23. The quantitative estimate of drug-likeness (QED) is 0.613. The highest BCUT2D eigenvalue weighted by molar-refractivity contribution is 5.36. The van der Waals surface area contributed by atoms with Crippen molar-refractivity contribution in [3.63, 3.8) is 0 Å². The molecular formula is C10H13N3. The molecule has 0 aliphatic rings. The van der Waals surface area contributed by atoms with Crippen molar-refractivity contribution >= 4 is 5.65 Å². The summed E-state index contributed by atoms with van der Waals surface area (Å²) in [4.78, 5) is 8.53. The first-order chi connectivity index (χ1) is 6.07. The van der Waals surface area contributed by atoms with Gasteiger partial charge >= 0.3 is 0 Å². The molecule has 0 saturated heterocycles. The topological polar surface area (TPSA) is 30.2 Å². The molecule has 3 heteroatoms. The van der Waals surface area contributed by atoms with Gasteiger partial charge in [-0.2, -0.15) is 0 Å². The first-order valence-corrected chi connectivity index (χ1v) is 4.36. The Bertz CT molecular complexity index is 423. The minimum absolute atomic E-state index is 0.103. The molecule has 2 aromatic rings. The van der Waals surface area contributed by atoms with E-state index in [1.807, 2.05) is 16.7 Å². The van der Waals surface area contributed by atoms with Gasteiger partial charge in [-0.25, -0.2) is 9.97 Å².